The number of aromatic nitrogens is 1. The van der Waals surface area contributed by atoms with E-state index in [0.717, 1.165) is 30.8 Å². The summed E-state index contributed by atoms with van der Waals surface area (Å²) in [4.78, 5) is 4.31. The number of nitrogens with one attached hydrogen (secondary N) is 1. The van der Waals surface area contributed by atoms with Gasteiger partial charge < -0.3 is 14.8 Å². The summed E-state index contributed by atoms with van der Waals surface area (Å²) in [7, 11) is 1.74. The predicted octanol–water partition coefficient (Wildman–Crippen LogP) is 2.38. The molecule has 1 aromatic heterocycles. The maximum atomic E-state index is 5.80. The summed E-state index contributed by atoms with van der Waals surface area (Å²) in [6, 6.07) is 3.84. The molecule has 1 saturated carbocycles. The molecule has 0 bridgehead atoms. The van der Waals surface area contributed by atoms with E-state index in [1.165, 1.54) is 12.8 Å². The molecule has 4 nitrogen and oxygen atoms in total. The van der Waals surface area contributed by atoms with Crippen LogP contribution in [0.25, 0.3) is 0 Å². The van der Waals surface area contributed by atoms with Crippen molar-refractivity contribution in [1.82, 2.24) is 10.3 Å². The molecule has 4 heteroatoms. The lowest BCUT2D eigenvalue weighted by Gasteiger charge is -2.33. The number of pyridine rings is 1. The van der Waals surface area contributed by atoms with E-state index in [9.17, 15) is 0 Å². The van der Waals surface area contributed by atoms with Gasteiger partial charge in [-0.3, -0.25) is 0 Å². The zero-order valence-electron chi connectivity index (χ0n) is 12.9. The minimum atomic E-state index is 0.261. The van der Waals surface area contributed by atoms with Crippen molar-refractivity contribution in [2.45, 2.75) is 44.8 Å². The van der Waals surface area contributed by atoms with Crippen molar-refractivity contribution in [3.63, 3.8) is 0 Å². The van der Waals surface area contributed by atoms with E-state index in [1.54, 1.807) is 13.3 Å². The maximum absolute atomic E-state index is 5.80. The summed E-state index contributed by atoms with van der Waals surface area (Å²) in [6.45, 7) is 3.91. The monoisotopic (exact) mass is 288 g/mol. The molecule has 0 radical (unpaired) electrons. The number of methoxy groups -OCH3 is 1. The van der Waals surface area contributed by atoms with E-state index in [4.69, 9.17) is 9.47 Å². The fraction of sp³-hybridized carbons (Fsp3) is 0.588. The minimum absolute atomic E-state index is 0.261. The minimum Gasteiger partial charge on any atom is -0.489 e. The molecule has 0 amide bonds. The summed E-state index contributed by atoms with van der Waals surface area (Å²) in [5, 5.41) is 3.28. The lowest BCUT2D eigenvalue weighted by atomic mass is 9.92. The van der Waals surface area contributed by atoms with Crippen LogP contribution in [0.4, 0.5) is 0 Å². The van der Waals surface area contributed by atoms with Crippen molar-refractivity contribution >= 4 is 0 Å². The number of unbranched alkanes of at least 4 members (excludes halogenated alkanes) is 1. The lowest BCUT2D eigenvalue weighted by Crippen LogP contribution is -2.38. The van der Waals surface area contributed by atoms with Crippen LogP contribution in [0, 0.1) is 11.8 Å². The summed E-state index contributed by atoms with van der Waals surface area (Å²) in [5.41, 5.74) is 0.781. The maximum Gasteiger partial charge on any atom is 0.138 e. The smallest absolute Gasteiger partial charge is 0.138 e. The molecule has 1 aromatic rings. The molecule has 1 fully saturated rings. The van der Waals surface area contributed by atoms with Crippen molar-refractivity contribution in [1.29, 1.82) is 0 Å². The normalized spacial score (nSPS) is 20.3. The van der Waals surface area contributed by atoms with E-state index in [2.05, 4.69) is 29.1 Å². The second kappa shape index (κ2) is 8.66. The van der Waals surface area contributed by atoms with Gasteiger partial charge in [0.15, 0.2) is 0 Å². The van der Waals surface area contributed by atoms with Crippen LogP contribution in [0.5, 0.6) is 5.75 Å². The molecule has 1 aliphatic carbocycles. The van der Waals surface area contributed by atoms with Crippen molar-refractivity contribution in [3.8, 4) is 17.6 Å². The first kappa shape index (κ1) is 15.8. The highest BCUT2D eigenvalue weighted by atomic mass is 16.5. The van der Waals surface area contributed by atoms with Gasteiger partial charge in [-0.15, -0.1) is 0 Å². The van der Waals surface area contributed by atoms with Crippen molar-refractivity contribution < 1.29 is 9.47 Å². The van der Waals surface area contributed by atoms with Gasteiger partial charge in [0.25, 0.3) is 0 Å². The summed E-state index contributed by atoms with van der Waals surface area (Å²) < 4.78 is 11.0. The van der Waals surface area contributed by atoms with Gasteiger partial charge >= 0.3 is 0 Å². The Morgan fingerprint density at radius 3 is 2.86 bits per heavy atom. The number of hydrogen-bond donors (Lipinski definition) is 1. The highest BCUT2D eigenvalue weighted by molar-refractivity contribution is 5.31. The molecule has 1 aliphatic rings. The summed E-state index contributed by atoms with van der Waals surface area (Å²) in [5.74, 6) is 6.93. The van der Waals surface area contributed by atoms with Crippen LogP contribution in [0.1, 0.15) is 38.3 Å². The van der Waals surface area contributed by atoms with Crippen LogP contribution in [-0.2, 0) is 4.74 Å². The van der Waals surface area contributed by atoms with E-state index >= 15 is 0 Å². The first-order chi connectivity index (χ1) is 10.3. The van der Waals surface area contributed by atoms with Gasteiger partial charge in [0.2, 0.25) is 0 Å². The molecular formula is C17H24N2O2. The zero-order valence-corrected chi connectivity index (χ0v) is 12.9. The van der Waals surface area contributed by atoms with Gasteiger partial charge in [-0.1, -0.05) is 19.3 Å². The lowest BCUT2D eigenvalue weighted by molar-refractivity contribution is -0.0382. The van der Waals surface area contributed by atoms with E-state index in [1.807, 2.05) is 12.1 Å². The first-order valence-corrected chi connectivity index (χ1v) is 7.67. The predicted molar refractivity (Wildman–Crippen MR) is 83.3 cm³/mol. The Kier molecular flexibility index (Phi) is 6.52. The van der Waals surface area contributed by atoms with Crippen LogP contribution in [-0.4, -0.2) is 37.4 Å². The van der Waals surface area contributed by atoms with Crippen LogP contribution in [0.3, 0.4) is 0 Å². The largest absolute Gasteiger partial charge is 0.489 e. The molecule has 2 rings (SSSR count). The molecule has 0 aliphatic heterocycles. The van der Waals surface area contributed by atoms with Gasteiger partial charge in [-0.05, 0) is 31.0 Å². The number of ether oxygens (including phenoxy) is 2. The molecule has 0 saturated heterocycles. The van der Waals surface area contributed by atoms with Gasteiger partial charge in [-0.2, -0.15) is 0 Å². The van der Waals surface area contributed by atoms with Crippen LogP contribution < -0.4 is 10.1 Å². The highest BCUT2D eigenvalue weighted by Crippen LogP contribution is 2.27. The Bertz CT molecular complexity index is 470. The molecule has 1 N–H and O–H groups in total. The summed E-state index contributed by atoms with van der Waals surface area (Å²) in [6.07, 6.45) is 6.68. The molecule has 21 heavy (non-hydrogen) atoms. The Hall–Kier alpha value is -1.57. The van der Waals surface area contributed by atoms with Crippen LogP contribution >= 0.6 is 0 Å². The van der Waals surface area contributed by atoms with E-state index in [-0.39, 0.29) is 6.10 Å². The summed E-state index contributed by atoms with van der Waals surface area (Å²) >= 11 is 0. The standard InChI is InChI=1S/C17H24N2O2/c1-3-4-9-18-10-5-6-14-7-8-15(13-19-14)21-17-11-16(12-17)20-2/h7-8,13,16-18H,3-4,9-12H2,1-2H3. The average Bonchev–Trinajstić information content (AvgIpc) is 2.47. The number of hydrogen-bond acceptors (Lipinski definition) is 4. The second-order valence-electron chi connectivity index (χ2n) is 5.28. The van der Waals surface area contributed by atoms with Crippen molar-refractivity contribution in [2.24, 2.45) is 0 Å². The third-order valence-corrected chi connectivity index (χ3v) is 3.56. The number of nitrogens with zero attached hydrogens (tertiary/aromatic N) is 1. The molecule has 0 unspecified atom stereocenters. The van der Waals surface area contributed by atoms with Gasteiger partial charge in [0.05, 0.1) is 18.8 Å². The van der Waals surface area contributed by atoms with E-state index in [0.29, 0.717) is 12.6 Å². The first-order valence-electron chi connectivity index (χ1n) is 7.67. The van der Waals surface area contributed by atoms with Crippen LogP contribution in [0.2, 0.25) is 0 Å². The van der Waals surface area contributed by atoms with Crippen molar-refractivity contribution in [2.75, 3.05) is 20.2 Å². The Labute approximate surface area is 127 Å². The molecular weight excluding hydrogens is 264 g/mol. The topological polar surface area (TPSA) is 43.4 Å². The van der Waals surface area contributed by atoms with Crippen LogP contribution in [0.15, 0.2) is 18.3 Å². The second-order valence-corrected chi connectivity index (χ2v) is 5.28. The quantitative estimate of drug-likeness (QED) is 0.618. The average molecular weight is 288 g/mol. The highest BCUT2D eigenvalue weighted by Gasteiger charge is 2.30. The molecule has 0 spiro atoms. The zero-order chi connectivity index (χ0) is 14.9. The fourth-order valence-corrected chi connectivity index (χ4v) is 2.11. The van der Waals surface area contributed by atoms with E-state index < -0.39 is 0 Å². The Balaban J connectivity index is 1.71. The van der Waals surface area contributed by atoms with Gasteiger partial charge in [0.1, 0.15) is 17.5 Å². The molecule has 1 heterocycles. The molecule has 0 aromatic carbocycles. The molecule has 114 valence electrons. The number of rotatable bonds is 7. The SMILES string of the molecule is CCCCNCC#Cc1ccc(OC2CC(OC)C2)cn1. The van der Waals surface area contributed by atoms with Crippen molar-refractivity contribution in [3.05, 3.63) is 24.0 Å². The molecule has 0 atom stereocenters. The fourth-order valence-electron chi connectivity index (χ4n) is 2.11. The third kappa shape index (κ3) is 5.37. The Morgan fingerprint density at radius 1 is 1.33 bits per heavy atom. The van der Waals surface area contributed by atoms with Gasteiger partial charge in [0, 0.05) is 20.0 Å². The third-order valence-electron chi connectivity index (χ3n) is 3.56. The Morgan fingerprint density at radius 2 is 2.19 bits per heavy atom. The van der Waals surface area contributed by atoms with Gasteiger partial charge in [-0.25, -0.2) is 4.98 Å².